The number of fused-ring (bicyclic) bond motifs is 5. The maximum Gasteiger partial charge on any atom is 0.119 e. The quantitative estimate of drug-likeness (QED) is 0.713. The van der Waals surface area contributed by atoms with Crippen LogP contribution in [0, 0.1) is 11.8 Å². The summed E-state index contributed by atoms with van der Waals surface area (Å²) in [5.41, 5.74) is 4.75. The number of hydrogen-bond donors (Lipinski definition) is 0. The molecule has 154 valence electrons. The van der Waals surface area contributed by atoms with Gasteiger partial charge in [0.1, 0.15) is 5.75 Å². The summed E-state index contributed by atoms with van der Waals surface area (Å²) >= 11 is 0. The van der Waals surface area contributed by atoms with E-state index < -0.39 is 0 Å². The summed E-state index contributed by atoms with van der Waals surface area (Å²) in [6.45, 7) is 4.98. The Hall–Kier alpha value is -1.87. The van der Waals surface area contributed by atoms with Crippen LogP contribution in [-0.2, 0) is 12.8 Å². The van der Waals surface area contributed by atoms with E-state index in [0.717, 1.165) is 36.5 Å². The van der Waals surface area contributed by atoms with Crippen LogP contribution < -0.4 is 4.74 Å². The molecule has 0 spiro atoms. The van der Waals surface area contributed by atoms with Crippen LogP contribution >= 0.6 is 0 Å². The first-order valence-electron chi connectivity index (χ1n) is 11.5. The van der Waals surface area contributed by atoms with Crippen molar-refractivity contribution in [1.82, 2.24) is 9.88 Å². The predicted molar refractivity (Wildman–Crippen MR) is 117 cm³/mol. The zero-order valence-corrected chi connectivity index (χ0v) is 17.9. The van der Waals surface area contributed by atoms with Crippen LogP contribution in [0.4, 0.5) is 0 Å². The van der Waals surface area contributed by atoms with Crippen molar-refractivity contribution in [2.24, 2.45) is 11.8 Å². The summed E-state index contributed by atoms with van der Waals surface area (Å²) in [6.07, 6.45) is 11.0. The third-order valence-corrected chi connectivity index (χ3v) is 8.32. The minimum Gasteiger partial charge on any atom is -0.497 e. The molecular formula is C26H34N2O. The predicted octanol–water partition coefficient (Wildman–Crippen LogP) is 5.24. The van der Waals surface area contributed by atoms with Gasteiger partial charge in [0.25, 0.3) is 0 Å². The summed E-state index contributed by atoms with van der Waals surface area (Å²) in [5, 5.41) is 0. The van der Waals surface area contributed by atoms with E-state index in [4.69, 9.17) is 4.74 Å². The lowest BCUT2D eigenvalue weighted by molar-refractivity contribution is -0.0606. The highest BCUT2D eigenvalue weighted by Gasteiger charge is 2.51. The van der Waals surface area contributed by atoms with Gasteiger partial charge in [0.05, 0.1) is 7.11 Å². The van der Waals surface area contributed by atoms with E-state index in [2.05, 4.69) is 47.1 Å². The fourth-order valence-electron chi connectivity index (χ4n) is 6.82. The zero-order chi connectivity index (χ0) is 19.8. The van der Waals surface area contributed by atoms with Gasteiger partial charge >= 0.3 is 0 Å². The third kappa shape index (κ3) is 3.38. The standard InChI is InChI=1S/C26H34N2O/c1-26-14-12-23-22-11-9-21(29-2)18-19(22)8-10-24(23)25(26)7-5-16-28(26)17-13-20-6-3-4-15-27-20/h3-4,6,9,11,15,18,23-25H,5,7-8,10,12-14,16-17H2,1-2H3/t23-,24-,25+,26+/m1/s1. The minimum absolute atomic E-state index is 0.359. The summed E-state index contributed by atoms with van der Waals surface area (Å²) in [4.78, 5) is 7.39. The number of hydrogen-bond acceptors (Lipinski definition) is 3. The van der Waals surface area contributed by atoms with Gasteiger partial charge in [-0.3, -0.25) is 9.88 Å². The smallest absolute Gasteiger partial charge is 0.119 e. The van der Waals surface area contributed by atoms with Crippen LogP contribution in [-0.4, -0.2) is 35.6 Å². The van der Waals surface area contributed by atoms with E-state index in [1.165, 1.54) is 56.3 Å². The summed E-state index contributed by atoms with van der Waals surface area (Å²) in [6, 6.07) is 13.1. The van der Waals surface area contributed by atoms with Gasteiger partial charge in [-0.1, -0.05) is 12.1 Å². The molecule has 1 aliphatic heterocycles. The van der Waals surface area contributed by atoms with Crippen LogP contribution in [0.2, 0.25) is 0 Å². The molecule has 1 aromatic carbocycles. The molecule has 2 aromatic rings. The van der Waals surface area contributed by atoms with Gasteiger partial charge in [-0.15, -0.1) is 0 Å². The monoisotopic (exact) mass is 390 g/mol. The molecule has 0 N–H and O–H groups in total. The second kappa shape index (κ2) is 7.75. The Morgan fingerprint density at radius 2 is 2.10 bits per heavy atom. The lowest BCUT2D eigenvalue weighted by Gasteiger charge is -2.59. The highest BCUT2D eigenvalue weighted by atomic mass is 16.5. The zero-order valence-electron chi connectivity index (χ0n) is 17.9. The van der Waals surface area contributed by atoms with Crippen molar-refractivity contribution in [3.05, 3.63) is 59.4 Å². The minimum atomic E-state index is 0.359. The average molecular weight is 391 g/mol. The fourth-order valence-corrected chi connectivity index (χ4v) is 6.82. The Bertz CT molecular complexity index is 851. The van der Waals surface area contributed by atoms with Crippen molar-refractivity contribution >= 4 is 0 Å². The van der Waals surface area contributed by atoms with Crippen LogP contribution in [0.25, 0.3) is 0 Å². The number of ether oxygens (including phenoxy) is 1. The summed E-state index contributed by atoms with van der Waals surface area (Å²) in [5.74, 6) is 3.43. The van der Waals surface area contributed by atoms with Crippen molar-refractivity contribution in [2.45, 2.75) is 63.3 Å². The molecule has 0 radical (unpaired) electrons. The van der Waals surface area contributed by atoms with E-state index in [0.29, 0.717) is 5.54 Å². The second-order valence-electron chi connectivity index (χ2n) is 9.58. The number of rotatable bonds is 4. The number of likely N-dealkylation sites (tertiary alicyclic amines) is 1. The van der Waals surface area contributed by atoms with E-state index in [-0.39, 0.29) is 0 Å². The van der Waals surface area contributed by atoms with Gasteiger partial charge in [0.2, 0.25) is 0 Å². The van der Waals surface area contributed by atoms with Crippen molar-refractivity contribution in [3.63, 3.8) is 0 Å². The molecule has 0 unspecified atom stereocenters. The molecule has 1 saturated heterocycles. The number of methoxy groups -OCH3 is 1. The van der Waals surface area contributed by atoms with Crippen LogP contribution in [0.15, 0.2) is 42.6 Å². The highest BCUT2D eigenvalue weighted by molar-refractivity contribution is 5.40. The molecule has 29 heavy (non-hydrogen) atoms. The average Bonchev–Trinajstić information content (AvgIpc) is 2.77. The van der Waals surface area contributed by atoms with Gasteiger partial charge in [0.15, 0.2) is 0 Å². The van der Waals surface area contributed by atoms with E-state index in [1.54, 1.807) is 12.7 Å². The Balaban J connectivity index is 1.36. The molecule has 2 heterocycles. The molecule has 3 nitrogen and oxygen atoms in total. The third-order valence-electron chi connectivity index (χ3n) is 8.32. The number of benzene rings is 1. The second-order valence-corrected chi connectivity index (χ2v) is 9.58. The molecule has 1 saturated carbocycles. The topological polar surface area (TPSA) is 25.4 Å². The van der Waals surface area contributed by atoms with Crippen molar-refractivity contribution in [1.29, 1.82) is 0 Å². The molecule has 4 atom stereocenters. The molecular weight excluding hydrogens is 356 g/mol. The van der Waals surface area contributed by atoms with Gasteiger partial charge in [-0.2, -0.15) is 0 Å². The maximum absolute atomic E-state index is 5.48. The summed E-state index contributed by atoms with van der Waals surface area (Å²) in [7, 11) is 1.78. The van der Waals surface area contributed by atoms with Gasteiger partial charge in [-0.05, 0) is 105 Å². The summed E-state index contributed by atoms with van der Waals surface area (Å²) < 4.78 is 5.48. The number of aromatic nitrogens is 1. The van der Waals surface area contributed by atoms with E-state index in [1.807, 2.05) is 12.3 Å². The Morgan fingerprint density at radius 3 is 2.93 bits per heavy atom. The Morgan fingerprint density at radius 1 is 1.17 bits per heavy atom. The van der Waals surface area contributed by atoms with Crippen molar-refractivity contribution in [2.75, 3.05) is 20.2 Å². The number of pyridine rings is 1. The first-order chi connectivity index (χ1) is 14.2. The van der Waals surface area contributed by atoms with E-state index >= 15 is 0 Å². The Kier molecular flexibility index (Phi) is 5.11. The van der Waals surface area contributed by atoms with Crippen molar-refractivity contribution < 1.29 is 4.74 Å². The molecule has 2 fully saturated rings. The lowest BCUT2D eigenvalue weighted by Crippen LogP contribution is -2.60. The van der Waals surface area contributed by atoms with Gasteiger partial charge in [-0.25, -0.2) is 0 Å². The molecule has 5 rings (SSSR count). The number of nitrogens with zero attached hydrogens (tertiary/aromatic N) is 2. The van der Waals surface area contributed by atoms with Gasteiger partial charge in [0, 0.05) is 30.4 Å². The molecule has 3 heteroatoms. The number of piperidine rings is 1. The van der Waals surface area contributed by atoms with Crippen LogP contribution in [0.3, 0.4) is 0 Å². The highest BCUT2D eigenvalue weighted by Crippen LogP contribution is 2.56. The van der Waals surface area contributed by atoms with Gasteiger partial charge < -0.3 is 4.74 Å². The van der Waals surface area contributed by atoms with Crippen LogP contribution in [0.5, 0.6) is 5.75 Å². The Labute approximate surface area is 175 Å². The number of aryl methyl sites for hydroxylation is 1. The molecule has 3 aliphatic rings. The maximum atomic E-state index is 5.48. The normalized spacial score (nSPS) is 31.4. The molecule has 0 amide bonds. The van der Waals surface area contributed by atoms with Crippen LogP contribution in [0.1, 0.15) is 61.8 Å². The first kappa shape index (κ1) is 19.1. The van der Waals surface area contributed by atoms with Crippen molar-refractivity contribution in [3.8, 4) is 5.75 Å². The van der Waals surface area contributed by atoms with E-state index in [9.17, 15) is 0 Å². The SMILES string of the molecule is COc1ccc2c(c1)CC[C@@H]1[C@@H]2CC[C@@]2(C)[C@H]1CCCN2CCc1ccccn1. The molecule has 1 aromatic heterocycles. The first-order valence-corrected chi connectivity index (χ1v) is 11.5. The largest absolute Gasteiger partial charge is 0.497 e. The molecule has 2 aliphatic carbocycles. The molecule has 0 bridgehead atoms. The lowest BCUT2D eigenvalue weighted by atomic mass is 9.55. The fraction of sp³-hybridized carbons (Fsp3) is 0.577.